The summed E-state index contributed by atoms with van der Waals surface area (Å²) in [6.07, 6.45) is 1.14. The molecule has 6 nitrogen and oxygen atoms in total. The lowest BCUT2D eigenvalue weighted by Gasteiger charge is -2.19. The number of esters is 1. The van der Waals surface area contributed by atoms with Crippen LogP contribution in [0.25, 0.3) is 10.8 Å². The van der Waals surface area contributed by atoms with Gasteiger partial charge in [-0.2, -0.15) is 0 Å². The SMILES string of the molecule is O=C(COC(=O)c1ccc(Cl)cc1N1CCCC1=O)Nc1cccc2ccccc12. The summed E-state index contributed by atoms with van der Waals surface area (Å²) in [6.45, 7) is 0.0685. The molecule has 0 unspecified atom stereocenters. The molecule has 1 saturated heterocycles. The molecule has 0 bridgehead atoms. The van der Waals surface area contributed by atoms with Crippen LogP contribution < -0.4 is 10.2 Å². The van der Waals surface area contributed by atoms with E-state index in [0.29, 0.717) is 35.8 Å². The van der Waals surface area contributed by atoms with Crippen LogP contribution in [-0.4, -0.2) is 30.9 Å². The fraction of sp³-hybridized carbons (Fsp3) is 0.174. The van der Waals surface area contributed by atoms with Crippen LogP contribution in [-0.2, 0) is 14.3 Å². The molecule has 0 saturated carbocycles. The molecule has 0 spiro atoms. The highest BCUT2D eigenvalue weighted by Crippen LogP contribution is 2.29. The molecule has 2 amide bonds. The van der Waals surface area contributed by atoms with Crippen molar-refractivity contribution in [3.63, 3.8) is 0 Å². The number of nitrogens with one attached hydrogen (secondary N) is 1. The number of rotatable bonds is 5. The second-order valence-electron chi connectivity index (χ2n) is 6.96. The Morgan fingerprint density at radius 1 is 1.07 bits per heavy atom. The Bertz CT molecular complexity index is 1140. The maximum absolute atomic E-state index is 12.6. The zero-order valence-corrected chi connectivity index (χ0v) is 16.8. The number of carbonyl (C=O) groups is 3. The van der Waals surface area contributed by atoms with Crippen molar-refractivity contribution in [2.75, 3.05) is 23.4 Å². The molecular formula is C23H19ClN2O4. The van der Waals surface area contributed by atoms with E-state index >= 15 is 0 Å². The average Bonchev–Trinajstić information content (AvgIpc) is 3.18. The van der Waals surface area contributed by atoms with E-state index in [1.54, 1.807) is 18.2 Å². The molecule has 152 valence electrons. The first-order chi connectivity index (χ1) is 14.5. The summed E-state index contributed by atoms with van der Waals surface area (Å²) in [5.41, 5.74) is 1.25. The second kappa shape index (κ2) is 8.55. The number of fused-ring (bicyclic) bond motifs is 1. The second-order valence-corrected chi connectivity index (χ2v) is 7.40. The molecule has 1 heterocycles. The summed E-state index contributed by atoms with van der Waals surface area (Å²) in [6, 6.07) is 17.9. The first-order valence-corrected chi connectivity index (χ1v) is 9.95. The van der Waals surface area contributed by atoms with Gasteiger partial charge in [0, 0.05) is 29.1 Å². The van der Waals surface area contributed by atoms with Crippen LogP contribution in [0.15, 0.2) is 60.7 Å². The van der Waals surface area contributed by atoms with E-state index in [0.717, 1.165) is 10.8 Å². The fourth-order valence-electron chi connectivity index (χ4n) is 3.53. The molecule has 3 aromatic rings. The smallest absolute Gasteiger partial charge is 0.340 e. The lowest BCUT2D eigenvalue weighted by Crippen LogP contribution is -2.27. The van der Waals surface area contributed by atoms with Crippen LogP contribution in [0.4, 0.5) is 11.4 Å². The number of nitrogens with zero attached hydrogens (tertiary/aromatic N) is 1. The number of benzene rings is 3. The minimum Gasteiger partial charge on any atom is -0.452 e. The molecule has 3 aromatic carbocycles. The van der Waals surface area contributed by atoms with Gasteiger partial charge in [-0.05, 0) is 36.1 Å². The molecule has 0 radical (unpaired) electrons. The summed E-state index contributed by atoms with van der Waals surface area (Å²) in [7, 11) is 0. The summed E-state index contributed by atoms with van der Waals surface area (Å²) in [5, 5.41) is 5.08. The van der Waals surface area contributed by atoms with Crippen molar-refractivity contribution in [3.05, 3.63) is 71.2 Å². The monoisotopic (exact) mass is 422 g/mol. The van der Waals surface area contributed by atoms with Crippen LogP contribution in [0.3, 0.4) is 0 Å². The van der Waals surface area contributed by atoms with E-state index in [1.807, 2.05) is 36.4 Å². The Kier molecular flexibility index (Phi) is 5.68. The zero-order chi connectivity index (χ0) is 21.1. The molecule has 0 atom stereocenters. The first kappa shape index (κ1) is 19.9. The van der Waals surface area contributed by atoms with E-state index in [2.05, 4.69) is 5.32 Å². The van der Waals surface area contributed by atoms with Gasteiger partial charge in [-0.15, -0.1) is 0 Å². The van der Waals surface area contributed by atoms with Gasteiger partial charge in [-0.1, -0.05) is 48.0 Å². The third-order valence-corrected chi connectivity index (χ3v) is 5.18. The highest BCUT2D eigenvalue weighted by atomic mass is 35.5. The van der Waals surface area contributed by atoms with Crippen LogP contribution in [0.2, 0.25) is 5.02 Å². The number of amides is 2. The summed E-state index contributed by atoms with van der Waals surface area (Å²) in [4.78, 5) is 38.6. The largest absolute Gasteiger partial charge is 0.452 e. The number of halogens is 1. The molecule has 0 aromatic heterocycles. The zero-order valence-electron chi connectivity index (χ0n) is 16.1. The van der Waals surface area contributed by atoms with Gasteiger partial charge < -0.3 is 15.0 Å². The van der Waals surface area contributed by atoms with E-state index < -0.39 is 18.5 Å². The normalized spacial score (nSPS) is 13.5. The maximum atomic E-state index is 12.6. The lowest BCUT2D eigenvalue weighted by atomic mass is 10.1. The van der Waals surface area contributed by atoms with Crippen LogP contribution >= 0.6 is 11.6 Å². The number of ether oxygens (including phenoxy) is 1. The van der Waals surface area contributed by atoms with Gasteiger partial charge in [0.1, 0.15) is 0 Å². The quantitative estimate of drug-likeness (QED) is 0.618. The minimum absolute atomic E-state index is 0.0694. The molecule has 1 fully saturated rings. The Morgan fingerprint density at radius 2 is 1.87 bits per heavy atom. The van der Waals surface area contributed by atoms with Gasteiger partial charge >= 0.3 is 5.97 Å². The van der Waals surface area contributed by atoms with Crippen molar-refractivity contribution in [1.29, 1.82) is 0 Å². The van der Waals surface area contributed by atoms with Crippen molar-refractivity contribution in [1.82, 2.24) is 0 Å². The van der Waals surface area contributed by atoms with Gasteiger partial charge in [0.25, 0.3) is 5.91 Å². The van der Waals surface area contributed by atoms with Gasteiger partial charge in [-0.3, -0.25) is 9.59 Å². The number of hydrogen-bond donors (Lipinski definition) is 1. The number of hydrogen-bond acceptors (Lipinski definition) is 4. The van der Waals surface area contributed by atoms with E-state index in [9.17, 15) is 14.4 Å². The fourth-order valence-corrected chi connectivity index (χ4v) is 3.70. The third-order valence-electron chi connectivity index (χ3n) is 4.94. The van der Waals surface area contributed by atoms with Crippen molar-refractivity contribution < 1.29 is 19.1 Å². The van der Waals surface area contributed by atoms with Crippen LogP contribution in [0, 0.1) is 0 Å². The Morgan fingerprint density at radius 3 is 2.67 bits per heavy atom. The van der Waals surface area contributed by atoms with Crippen LogP contribution in [0.1, 0.15) is 23.2 Å². The average molecular weight is 423 g/mol. The van der Waals surface area contributed by atoms with Crippen molar-refractivity contribution in [3.8, 4) is 0 Å². The standard InChI is InChI=1S/C23H19ClN2O4/c24-16-10-11-18(20(13-16)26-12-4-9-22(26)28)23(29)30-14-21(27)25-19-8-3-6-15-5-1-2-7-17(15)19/h1-3,5-8,10-11,13H,4,9,12,14H2,(H,25,27). The van der Waals surface area contributed by atoms with Gasteiger partial charge in [-0.25, -0.2) is 4.79 Å². The van der Waals surface area contributed by atoms with Gasteiger partial charge in [0.2, 0.25) is 5.91 Å². The molecular weight excluding hydrogens is 404 g/mol. The van der Waals surface area contributed by atoms with E-state index in [4.69, 9.17) is 16.3 Å². The first-order valence-electron chi connectivity index (χ1n) is 9.57. The predicted molar refractivity (Wildman–Crippen MR) is 116 cm³/mol. The Balaban J connectivity index is 1.46. The molecule has 1 aliphatic heterocycles. The third kappa shape index (κ3) is 4.14. The number of anilines is 2. The topological polar surface area (TPSA) is 75.7 Å². The summed E-state index contributed by atoms with van der Waals surface area (Å²) < 4.78 is 5.22. The van der Waals surface area contributed by atoms with Crippen molar-refractivity contribution >= 4 is 51.5 Å². The highest BCUT2D eigenvalue weighted by Gasteiger charge is 2.27. The van der Waals surface area contributed by atoms with Gasteiger partial charge in [0.05, 0.1) is 11.3 Å². The molecule has 7 heteroatoms. The van der Waals surface area contributed by atoms with Crippen molar-refractivity contribution in [2.24, 2.45) is 0 Å². The van der Waals surface area contributed by atoms with E-state index in [-0.39, 0.29) is 11.5 Å². The molecule has 1 N–H and O–H groups in total. The predicted octanol–water partition coefficient (Wildman–Crippen LogP) is 4.42. The van der Waals surface area contributed by atoms with Gasteiger partial charge in [0.15, 0.2) is 6.61 Å². The Hall–Kier alpha value is -3.38. The van der Waals surface area contributed by atoms with Crippen molar-refractivity contribution in [2.45, 2.75) is 12.8 Å². The maximum Gasteiger partial charge on any atom is 0.340 e. The Labute approximate surface area is 178 Å². The summed E-state index contributed by atoms with van der Waals surface area (Å²) in [5.74, 6) is -1.21. The summed E-state index contributed by atoms with van der Waals surface area (Å²) >= 11 is 6.06. The molecule has 30 heavy (non-hydrogen) atoms. The lowest BCUT2D eigenvalue weighted by molar-refractivity contribution is -0.119. The highest BCUT2D eigenvalue weighted by molar-refractivity contribution is 6.31. The molecule has 0 aliphatic carbocycles. The molecule has 4 rings (SSSR count). The van der Waals surface area contributed by atoms with Crippen LogP contribution in [0.5, 0.6) is 0 Å². The number of carbonyl (C=O) groups excluding carboxylic acids is 3. The van der Waals surface area contributed by atoms with E-state index in [1.165, 1.54) is 11.0 Å². The molecule has 1 aliphatic rings. The minimum atomic E-state index is -0.686.